The standard InChI is InChI=1S/C15H21F3N2O/c1-3-8-19-13-10-11(2)5-6-12(13)14(21)20-9-4-7-15(16,17)18/h5-6,10,19H,3-4,7-9H2,1-2H3,(H,20,21). The minimum absolute atomic E-state index is 0.0133. The van der Waals surface area contributed by atoms with Gasteiger partial charge in [-0.3, -0.25) is 4.79 Å². The third-order valence-corrected chi connectivity index (χ3v) is 2.91. The zero-order valence-electron chi connectivity index (χ0n) is 12.3. The van der Waals surface area contributed by atoms with Crippen molar-refractivity contribution in [3.63, 3.8) is 0 Å². The van der Waals surface area contributed by atoms with Crippen LogP contribution < -0.4 is 10.6 Å². The zero-order valence-corrected chi connectivity index (χ0v) is 12.3. The molecule has 1 aromatic carbocycles. The van der Waals surface area contributed by atoms with E-state index in [0.29, 0.717) is 11.3 Å². The van der Waals surface area contributed by atoms with Gasteiger partial charge in [-0.15, -0.1) is 0 Å². The van der Waals surface area contributed by atoms with Crippen LogP contribution in [0.15, 0.2) is 18.2 Å². The largest absolute Gasteiger partial charge is 0.389 e. The summed E-state index contributed by atoms with van der Waals surface area (Å²) in [6.07, 6.45) is -4.26. The molecule has 1 rings (SSSR count). The van der Waals surface area contributed by atoms with Gasteiger partial charge in [0.05, 0.1) is 5.56 Å². The molecule has 6 heteroatoms. The SMILES string of the molecule is CCCNc1cc(C)ccc1C(=O)NCCCC(F)(F)F. The lowest BCUT2D eigenvalue weighted by Gasteiger charge is -2.13. The van der Waals surface area contributed by atoms with Crippen LogP contribution in [0.4, 0.5) is 18.9 Å². The van der Waals surface area contributed by atoms with E-state index in [2.05, 4.69) is 10.6 Å². The van der Waals surface area contributed by atoms with Gasteiger partial charge in [-0.25, -0.2) is 0 Å². The molecular weight excluding hydrogens is 281 g/mol. The lowest BCUT2D eigenvalue weighted by molar-refractivity contribution is -0.135. The van der Waals surface area contributed by atoms with E-state index in [9.17, 15) is 18.0 Å². The second-order valence-electron chi connectivity index (χ2n) is 4.95. The fourth-order valence-electron chi connectivity index (χ4n) is 1.85. The Morgan fingerprint density at radius 1 is 1.24 bits per heavy atom. The number of anilines is 1. The zero-order chi connectivity index (χ0) is 15.9. The summed E-state index contributed by atoms with van der Waals surface area (Å²) >= 11 is 0. The minimum atomic E-state index is -4.18. The summed E-state index contributed by atoms with van der Waals surface area (Å²) in [6.45, 7) is 4.68. The van der Waals surface area contributed by atoms with Gasteiger partial charge in [-0.2, -0.15) is 13.2 Å². The number of rotatable bonds is 7. The van der Waals surface area contributed by atoms with E-state index < -0.39 is 12.6 Å². The van der Waals surface area contributed by atoms with E-state index in [-0.39, 0.29) is 18.9 Å². The van der Waals surface area contributed by atoms with Gasteiger partial charge < -0.3 is 10.6 Å². The molecule has 0 spiro atoms. The van der Waals surface area contributed by atoms with Gasteiger partial charge in [0.1, 0.15) is 0 Å². The monoisotopic (exact) mass is 302 g/mol. The molecule has 0 unspecified atom stereocenters. The highest BCUT2D eigenvalue weighted by Crippen LogP contribution is 2.21. The first kappa shape index (κ1) is 17.3. The first-order chi connectivity index (χ1) is 9.83. The Kier molecular flexibility index (Phi) is 6.52. The molecule has 1 aromatic rings. The number of benzene rings is 1. The van der Waals surface area contributed by atoms with Crippen molar-refractivity contribution < 1.29 is 18.0 Å². The first-order valence-electron chi connectivity index (χ1n) is 7.03. The van der Waals surface area contributed by atoms with Crippen molar-refractivity contribution in [3.05, 3.63) is 29.3 Å². The van der Waals surface area contributed by atoms with Gasteiger partial charge in [-0.05, 0) is 37.5 Å². The quantitative estimate of drug-likeness (QED) is 0.750. The maximum absolute atomic E-state index is 12.0. The Morgan fingerprint density at radius 2 is 1.95 bits per heavy atom. The molecule has 0 aliphatic carbocycles. The van der Waals surface area contributed by atoms with Crippen LogP contribution in [0.2, 0.25) is 0 Å². The molecule has 21 heavy (non-hydrogen) atoms. The molecule has 118 valence electrons. The van der Waals surface area contributed by atoms with E-state index in [0.717, 1.165) is 18.5 Å². The van der Waals surface area contributed by atoms with Crippen molar-refractivity contribution in [1.29, 1.82) is 0 Å². The van der Waals surface area contributed by atoms with E-state index in [1.54, 1.807) is 6.07 Å². The number of hydrogen-bond acceptors (Lipinski definition) is 2. The first-order valence-corrected chi connectivity index (χ1v) is 7.03. The number of amides is 1. The number of nitrogens with one attached hydrogen (secondary N) is 2. The van der Waals surface area contributed by atoms with E-state index >= 15 is 0 Å². The number of carbonyl (C=O) groups is 1. The summed E-state index contributed by atoms with van der Waals surface area (Å²) in [6, 6.07) is 5.36. The summed E-state index contributed by atoms with van der Waals surface area (Å²) in [5.41, 5.74) is 2.19. The van der Waals surface area contributed by atoms with Crippen molar-refractivity contribution in [2.45, 2.75) is 39.3 Å². The Morgan fingerprint density at radius 3 is 2.57 bits per heavy atom. The third kappa shape index (κ3) is 6.51. The Labute approximate surface area is 122 Å². The molecule has 0 aliphatic rings. The van der Waals surface area contributed by atoms with Crippen molar-refractivity contribution >= 4 is 11.6 Å². The van der Waals surface area contributed by atoms with Crippen LogP contribution >= 0.6 is 0 Å². The van der Waals surface area contributed by atoms with Gasteiger partial charge >= 0.3 is 6.18 Å². The average Bonchev–Trinajstić information content (AvgIpc) is 2.40. The normalized spacial score (nSPS) is 11.3. The smallest absolute Gasteiger partial charge is 0.384 e. The van der Waals surface area contributed by atoms with Crippen molar-refractivity contribution in [2.24, 2.45) is 0 Å². The van der Waals surface area contributed by atoms with Crippen LogP contribution in [0.25, 0.3) is 0 Å². The average molecular weight is 302 g/mol. The highest BCUT2D eigenvalue weighted by atomic mass is 19.4. The summed E-state index contributed by atoms with van der Waals surface area (Å²) in [7, 11) is 0. The predicted molar refractivity (Wildman–Crippen MR) is 77.6 cm³/mol. The minimum Gasteiger partial charge on any atom is -0.384 e. The van der Waals surface area contributed by atoms with Crippen molar-refractivity contribution in [1.82, 2.24) is 5.32 Å². The summed E-state index contributed by atoms with van der Waals surface area (Å²) in [5, 5.41) is 5.69. The molecule has 0 bridgehead atoms. The van der Waals surface area contributed by atoms with Crippen LogP contribution in [0.5, 0.6) is 0 Å². The van der Waals surface area contributed by atoms with E-state index in [1.165, 1.54) is 0 Å². The molecule has 1 amide bonds. The summed E-state index contributed by atoms with van der Waals surface area (Å²) in [4.78, 5) is 12.0. The number of hydrogen-bond donors (Lipinski definition) is 2. The fraction of sp³-hybridized carbons (Fsp3) is 0.533. The van der Waals surface area contributed by atoms with Crippen LogP contribution in [0.1, 0.15) is 42.1 Å². The molecule has 0 saturated heterocycles. The van der Waals surface area contributed by atoms with Gasteiger partial charge in [0.2, 0.25) is 0 Å². The maximum atomic E-state index is 12.0. The molecule has 0 saturated carbocycles. The van der Waals surface area contributed by atoms with Gasteiger partial charge in [-0.1, -0.05) is 13.0 Å². The molecule has 0 radical (unpaired) electrons. The van der Waals surface area contributed by atoms with Crippen LogP contribution in [0.3, 0.4) is 0 Å². The molecule has 0 aliphatic heterocycles. The summed E-state index contributed by atoms with van der Waals surface area (Å²) in [5.74, 6) is -0.351. The lowest BCUT2D eigenvalue weighted by Crippen LogP contribution is -2.26. The lowest BCUT2D eigenvalue weighted by atomic mass is 10.1. The Balaban J connectivity index is 2.60. The second-order valence-corrected chi connectivity index (χ2v) is 4.95. The second kappa shape index (κ2) is 7.90. The number of alkyl halides is 3. The van der Waals surface area contributed by atoms with Gasteiger partial charge in [0.15, 0.2) is 0 Å². The topological polar surface area (TPSA) is 41.1 Å². The van der Waals surface area contributed by atoms with E-state index in [1.807, 2.05) is 26.0 Å². The van der Waals surface area contributed by atoms with Crippen LogP contribution in [0, 0.1) is 6.92 Å². The van der Waals surface area contributed by atoms with E-state index in [4.69, 9.17) is 0 Å². The Hall–Kier alpha value is -1.72. The van der Waals surface area contributed by atoms with Gasteiger partial charge in [0, 0.05) is 25.2 Å². The molecule has 0 fully saturated rings. The number of aryl methyl sites for hydroxylation is 1. The number of carbonyl (C=O) groups excluding carboxylic acids is 1. The Bertz CT molecular complexity index is 472. The maximum Gasteiger partial charge on any atom is 0.389 e. The third-order valence-electron chi connectivity index (χ3n) is 2.91. The van der Waals surface area contributed by atoms with Crippen LogP contribution in [-0.4, -0.2) is 25.2 Å². The van der Waals surface area contributed by atoms with Gasteiger partial charge in [0.25, 0.3) is 5.91 Å². The molecular formula is C15H21F3N2O. The van der Waals surface area contributed by atoms with Crippen molar-refractivity contribution in [3.8, 4) is 0 Å². The molecule has 0 heterocycles. The molecule has 0 atom stereocenters. The molecule has 0 aromatic heterocycles. The molecule has 2 N–H and O–H groups in total. The summed E-state index contributed by atoms with van der Waals surface area (Å²) < 4.78 is 36.1. The van der Waals surface area contributed by atoms with Crippen LogP contribution in [-0.2, 0) is 0 Å². The van der Waals surface area contributed by atoms with Crippen molar-refractivity contribution in [2.75, 3.05) is 18.4 Å². The molecule has 3 nitrogen and oxygen atoms in total. The highest BCUT2D eigenvalue weighted by molar-refractivity contribution is 5.99. The fourth-order valence-corrected chi connectivity index (χ4v) is 1.85. The predicted octanol–water partition coefficient (Wildman–Crippen LogP) is 3.89. The number of halogens is 3. The highest BCUT2D eigenvalue weighted by Gasteiger charge is 2.26.